The third-order valence-corrected chi connectivity index (χ3v) is 4.81. The number of rotatable bonds is 10. The van der Waals surface area contributed by atoms with E-state index in [1.54, 1.807) is 45.2 Å². The molecule has 1 atom stereocenters. The minimum atomic E-state index is -0.830. The summed E-state index contributed by atoms with van der Waals surface area (Å²) in [5, 5.41) is 11.6. The van der Waals surface area contributed by atoms with Crippen molar-refractivity contribution in [3.05, 3.63) is 41.1 Å². The molecule has 0 saturated heterocycles. The first kappa shape index (κ1) is 22.3. The first-order valence-electron chi connectivity index (χ1n) is 9.70. The van der Waals surface area contributed by atoms with Gasteiger partial charge in [0.1, 0.15) is 5.75 Å². The lowest BCUT2D eigenvalue weighted by atomic mass is 9.94. The topological polar surface area (TPSA) is 105 Å². The Morgan fingerprint density at radius 3 is 2.45 bits per heavy atom. The molecule has 0 fully saturated rings. The first-order chi connectivity index (χ1) is 13.9. The zero-order valence-corrected chi connectivity index (χ0v) is 17.1. The van der Waals surface area contributed by atoms with Gasteiger partial charge in [0.15, 0.2) is 0 Å². The molecule has 1 aromatic carbocycles. The zero-order valence-electron chi connectivity index (χ0n) is 17.1. The van der Waals surface area contributed by atoms with Gasteiger partial charge in [-0.3, -0.25) is 9.69 Å². The van der Waals surface area contributed by atoms with Crippen LogP contribution in [0.2, 0.25) is 0 Å². The fourth-order valence-corrected chi connectivity index (χ4v) is 3.29. The van der Waals surface area contributed by atoms with Crippen molar-refractivity contribution in [3.63, 3.8) is 0 Å². The highest BCUT2D eigenvalue weighted by Gasteiger charge is 2.36. The molecule has 2 N–H and O–H groups in total. The predicted octanol–water partition coefficient (Wildman–Crippen LogP) is 3.24. The van der Waals surface area contributed by atoms with Gasteiger partial charge < -0.3 is 19.9 Å². The number of carboxylic acid groups (broad SMARTS) is 1. The van der Waals surface area contributed by atoms with Gasteiger partial charge in [-0.2, -0.15) is 0 Å². The molecule has 0 radical (unpaired) electrons. The maximum Gasteiger partial charge on any atom is 0.338 e. The Labute approximate surface area is 170 Å². The van der Waals surface area contributed by atoms with Gasteiger partial charge in [0, 0.05) is 18.7 Å². The van der Waals surface area contributed by atoms with Crippen molar-refractivity contribution < 1.29 is 29.0 Å². The van der Waals surface area contributed by atoms with E-state index in [-0.39, 0.29) is 19.1 Å². The van der Waals surface area contributed by atoms with Crippen molar-refractivity contribution in [3.8, 4) is 5.75 Å². The number of unbranched alkanes of at least 4 members (excludes halogenated alkanes) is 2. The molecular formula is C21H28N2O6. The maximum atomic E-state index is 12.7. The summed E-state index contributed by atoms with van der Waals surface area (Å²) >= 11 is 0. The molecule has 0 aliphatic carbocycles. The summed E-state index contributed by atoms with van der Waals surface area (Å²) < 4.78 is 10.4. The summed E-state index contributed by atoms with van der Waals surface area (Å²) in [5.41, 5.74) is 1.69. The molecule has 0 bridgehead atoms. The third-order valence-electron chi connectivity index (χ3n) is 4.81. The lowest BCUT2D eigenvalue weighted by Crippen LogP contribution is -2.48. The SMILES string of the molecule is CCOC(=O)C1=C(C)N(CCCCCC(=O)O)C(=O)N[C@H]1c1ccc(OC)cc1. The molecule has 29 heavy (non-hydrogen) atoms. The molecule has 8 heteroatoms. The number of methoxy groups -OCH3 is 1. The van der Waals surface area contributed by atoms with Crippen LogP contribution in [0.4, 0.5) is 4.79 Å². The number of amides is 2. The molecule has 1 aliphatic rings. The summed E-state index contributed by atoms with van der Waals surface area (Å²) in [7, 11) is 1.57. The summed E-state index contributed by atoms with van der Waals surface area (Å²) in [6, 6.07) is 6.24. The van der Waals surface area contributed by atoms with Crippen molar-refractivity contribution in [2.75, 3.05) is 20.3 Å². The number of esters is 1. The van der Waals surface area contributed by atoms with Gasteiger partial charge >= 0.3 is 18.0 Å². The second-order valence-electron chi connectivity index (χ2n) is 6.73. The molecule has 0 unspecified atom stereocenters. The summed E-state index contributed by atoms with van der Waals surface area (Å²) in [6.07, 6.45) is 1.97. The molecule has 8 nitrogen and oxygen atoms in total. The molecule has 0 aromatic heterocycles. The van der Waals surface area contributed by atoms with Gasteiger partial charge in [-0.05, 0) is 44.4 Å². The molecule has 1 aliphatic heterocycles. The second-order valence-corrected chi connectivity index (χ2v) is 6.73. The molecule has 1 heterocycles. The normalized spacial score (nSPS) is 16.4. The van der Waals surface area contributed by atoms with Crippen LogP contribution in [0, 0.1) is 0 Å². The Morgan fingerprint density at radius 2 is 1.86 bits per heavy atom. The van der Waals surface area contributed by atoms with Gasteiger partial charge in [0.05, 0.1) is 25.3 Å². The molecule has 2 rings (SSSR count). The zero-order chi connectivity index (χ0) is 21.4. The van der Waals surface area contributed by atoms with E-state index in [0.29, 0.717) is 42.8 Å². The number of aliphatic carboxylic acids is 1. The van der Waals surface area contributed by atoms with E-state index < -0.39 is 18.0 Å². The van der Waals surface area contributed by atoms with Gasteiger partial charge in [0.2, 0.25) is 0 Å². The van der Waals surface area contributed by atoms with Gasteiger partial charge in [0.25, 0.3) is 0 Å². The lowest BCUT2D eigenvalue weighted by molar-refractivity contribution is -0.139. The number of urea groups is 1. The second kappa shape index (κ2) is 10.5. The highest BCUT2D eigenvalue weighted by molar-refractivity contribution is 5.95. The number of carbonyl (C=O) groups is 3. The Balaban J connectivity index is 2.24. The summed E-state index contributed by atoms with van der Waals surface area (Å²) in [5.74, 6) is -0.623. The highest BCUT2D eigenvalue weighted by atomic mass is 16.5. The quantitative estimate of drug-likeness (QED) is 0.458. The van der Waals surface area contributed by atoms with Crippen molar-refractivity contribution >= 4 is 18.0 Å². The number of ether oxygens (including phenoxy) is 2. The number of carbonyl (C=O) groups excluding carboxylic acids is 2. The fourth-order valence-electron chi connectivity index (χ4n) is 3.29. The molecular weight excluding hydrogens is 376 g/mol. The minimum absolute atomic E-state index is 0.106. The average molecular weight is 404 g/mol. The average Bonchev–Trinajstić information content (AvgIpc) is 2.69. The van der Waals surface area contributed by atoms with Gasteiger partial charge in [-0.25, -0.2) is 9.59 Å². The Kier molecular flexibility index (Phi) is 8.06. The van der Waals surface area contributed by atoms with Crippen LogP contribution in [0.25, 0.3) is 0 Å². The van der Waals surface area contributed by atoms with Crippen molar-refractivity contribution in [1.29, 1.82) is 0 Å². The predicted molar refractivity (Wildman–Crippen MR) is 106 cm³/mol. The Hall–Kier alpha value is -3.03. The van der Waals surface area contributed by atoms with Gasteiger partial charge in [-0.15, -0.1) is 0 Å². The van der Waals surface area contributed by atoms with E-state index in [0.717, 1.165) is 5.56 Å². The van der Waals surface area contributed by atoms with Crippen LogP contribution in [0.15, 0.2) is 35.5 Å². The first-order valence-corrected chi connectivity index (χ1v) is 9.70. The van der Waals surface area contributed by atoms with E-state index in [1.165, 1.54) is 4.90 Å². The fraction of sp³-hybridized carbons (Fsp3) is 0.476. The third kappa shape index (κ3) is 5.73. The highest BCUT2D eigenvalue weighted by Crippen LogP contribution is 2.32. The van der Waals surface area contributed by atoms with Crippen molar-refractivity contribution in [1.82, 2.24) is 10.2 Å². The number of hydrogen-bond acceptors (Lipinski definition) is 5. The maximum absolute atomic E-state index is 12.7. The largest absolute Gasteiger partial charge is 0.497 e. The van der Waals surface area contributed by atoms with E-state index in [2.05, 4.69) is 5.32 Å². The monoisotopic (exact) mass is 404 g/mol. The number of carboxylic acids is 1. The molecule has 158 valence electrons. The van der Waals surface area contributed by atoms with Crippen LogP contribution >= 0.6 is 0 Å². The summed E-state index contributed by atoms with van der Waals surface area (Å²) in [6.45, 7) is 4.10. The molecule has 0 spiro atoms. The van der Waals surface area contributed by atoms with Crippen molar-refractivity contribution in [2.45, 2.75) is 45.6 Å². The number of nitrogens with one attached hydrogen (secondary N) is 1. The molecule has 0 saturated carbocycles. The number of nitrogens with zero attached hydrogens (tertiary/aromatic N) is 1. The van der Waals surface area contributed by atoms with Gasteiger partial charge in [-0.1, -0.05) is 18.6 Å². The number of allylic oxidation sites excluding steroid dienone is 1. The van der Waals surface area contributed by atoms with Crippen LogP contribution in [-0.4, -0.2) is 48.2 Å². The Bertz CT molecular complexity index is 772. The van der Waals surface area contributed by atoms with E-state index in [9.17, 15) is 14.4 Å². The lowest BCUT2D eigenvalue weighted by Gasteiger charge is -2.35. The number of benzene rings is 1. The summed E-state index contributed by atoms with van der Waals surface area (Å²) in [4.78, 5) is 37.5. The van der Waals surface area contributed by atoms with Crippen LogP contribution in [0.3, 0.4) is 0 Å². The van der Waals surface area contributed by atoms with Crippen LogP contribution in [0.5, 0.6) is 5.75 Å². The Morgan fingerprint density at radius 1 is 1.17 bits per heavy atom. The van der Waals surface area contributed by atoms with E-state index >= 15 is 0 Å². The van der Waals surface area contributed by atoms with Crippen LogP contribution < -0.4 is 10.1 Å². The van der Waals surface area contributed by atoms with E-state index in [1.807, 2.05) is 0 Å². The minimum Gasteiger partial charge on any atom is -0.497 e. The van der Waals surface area contributed by atoms with Crippen LogP contribution in [0.1, 0.15) is 51.1 Å². The molecule has 1 aromatic rings. The number of hydrogen-bond donors (Lipinski definition) is 2. The van der Waals surface area contributed by atoms with Crippen LogP contribution in [-0.2, 0) is 14.3 Å². The molecule has 2 amide bonds. The van der Waals surface area contributed by atoms with Crippen molar-refractivity contribution in [2.24, 2.45) is 0 Å². The standard InChI is InChI=1S/C21H28N2O6/c1-4-29-20(26)18-14(2)23(13-7-5-6-8-17(24)25)21(27)22-19(18)15-9-11-16(28-3)12-10-15/h9-12,19H,4-8,13H2,1-3H3,(H,22,27)(H,24,25)/t19-/m0/s1. The van der Waals surface area contributed by atoms with E-state index in [4.69, 9.17) is 14.6 Å². The smallest absolute Gasteiger partial charge is 0.338 e.